The zero-order valence-electron chi connectivity index (χ0n) is 15.7. The largest absolute Gasteiger partial charge is 0.497 e. The number of nitrogens with zero attached hydrogens (tertiary/aromatic N) is 2. The molecule has 0 bridgehead atoms. The third-order valence-electron chi connectivity index (χ3n) is 6.08. The highest BCUT2D eigenvalue weighted by atomic mass is 16.5. The molecule has 0 aromatic heterocycles. The third-order valence-corrected chi connectivity index (χ3v) is 6.08. The van der Waals surface area contributed by atoms with Crippen LogP contribution in [-0.4, -0.2) is 35.8 Å². The number of primary amides is 1. The van der Waals surface area contributed by atoms with Gasteiger partial charge in [-0.1, -0.05) is 24.3 Å². The summed E-state index contributed by atoms with van der Waals surface area (Å²) in [5.74, 6) is -2.18. The number of carbonyl (C=O) groups excluding carboxylic acids is 3. The molecule has 0 unspecified atom stereocenters. The van der Waals surface area contributed by atoms with Gasteiger partial charge in [0.05, 0.1) is 30.7 Å². The molecule has 4 atom stereocenters. The van der Waals surface area contributed by atoms with Gasteiger partial charge in [-0.3, -0.25) is 14.4 Å². The predicted molar refractivity (Wildman–Crippen MR) is 106 cm³/mol. The number of fused-ring (bicyclic) bond motifs is 5. The Kier molecular flexibility index (Phi) is 3.74. The first-order valence-electron chi connectivity index (χ1n) is 9.38. The van der Waals surface area contributed by atoms with E-state index < -0.39 is 35.7 Å². The number of rotatable bonds is 3. The monoisotopic (exact) mass is 389 g/mol. The van der Waals surface area contributed by atoms with Crippen molar-refractivity contribution in [3.63, 3.8) is 0 Å². The lowest BCUT2D eigenvalue weighted by atomic mass is 9.84. The van der Waals surface area contributed by atoms with Crippen LogP contribution >= 0.6 is 0 Å². The summed E-state index contributed by atoms with van der Waals surface area (Å²) in [4.78, 5) is 42.1. The minimum atomic E-state index is -0.866. The van der Waals surface area contributed by atoms with Crippen LogP contribution < -0.4 is 15.4 Å². The molecule has 0 spiro atoms. The average Bonchev–Trinajstić information content (AvgIpc) is 3.21. The summed E-state index contributed by atoms with van der Waals surface area (Å²) in [5, 5.41) is 0. The lowest BCUT2D eigenvalue weighted by molar-refractivity contribution is -0.129. The van der Waals surface area contributed by atoms with Gasteiger partial charge in [0.2, 0.25) is 17.7 Å². The van der Waals surface area contributed by atoms with E-state index in [4.69, 9.17) is 10.5 Å². The number of ether oxygens (including phenoxy) is 1. The first-order chi connectivity index (χ1) is 14.0. The molecule has 7 heteroatoms. The van der Waals surface area contributed by atoms with Gasteiger partial charge in [0.25, 0.3) is 0 Å². The van der Waals surface area contributed by atoms with Gasteiger partial charge in [-0.15, -0.1) is 0 Å². The fourth-order valence-corrected chi connectivity index (χ4v) is 4.87. The normalized spacial score (nSPS) is 26.9. The summed E-state index contributed by atoms with van der Waals surface area (Å²) in [5.41, 5.74) is 8.06. The van der Waals surface area contributed by atoms with Gasteiger partial charge in [0.15, 0.2) is 0 Å². The van der Waals surface area contributed by atoms with Crippen LogP contribution in [0.1, 0.15) is 17.2 Å². The van der Waals surface area contributed by atoms with Crippen molar-refractivity contribution in [1.82, 2.24) is 4.90 Å². The summed E-state index contributed by atoms with van der Waals surface area (Å²) in [6, 6.07) is 13.2. The van der Waals surface area contributed by atoms with Gasteiger partial charge in [0.1, 0.15) is 11.8 Å². The molecule has 0 saturated carbocycles. The Labute approximate surface area is 167 Å². The molecule has 3 aliphatic heterocycles. The molecule has 2 aromatic rings. The molecule has 146 valence electrons. The standard InChI is InChI=1S/C22H19N3O4/c1-29-14-8-6-13(7-9-14)25-21(27)16-17(22(25)28)19(20(23)26)24-11-10-12-4-2-3-5-15(12)18(16)24/h2-11,16-19H,1H3,(H2,23,26)/t16-,17-,18-,19+/m1/s1. The summed E-state index contributed by atoms with van der Waals surface area (Å²) in [7, 11) is 1.55. The summed E-state index contributed by atoms with van der Waals surface area (Å²) in [6.45, 7) is 0. The fourth-order valence-electron chi connectivity index (χ4n) is 4.87. The molecule has 2 aromatic carbocycles. The quantitative estimate of drug-likeness (QED) is 0.807. The number of anilines is 1. The molecule has 3 aliphatic rings. The minimum Gasteiger partial charge on any atom is -0.497 e. The van der Waals surface area contributed by atoms with Crippen LogP contribution in [0.15, 0.2) is 54.7 Å². The lowest BCUT2D eigenvalue weighted by Gasteiger charge is -2.34. The summed E-state index contributed by atoms with van der Waals surface area (Å²) in [6.07, 6.45) is 3.66. The summed E-state index contributed by atoms with van der Waals surface area (Å²) >= 11 is 0. The molecule has 2 saturated heterocycles. The Morgan fingerprint density at radius 2 is 1.69 bits per heavy atom. The highest BCUT2D eigenvalue weighted by molar-refractivity contribution is 6.24. The maximum absolute atomic E-state index is 13.5. The molecule has 2 fully saturated rings. The number of methoxy groups -OCH3 is 1. The second kappa shape index (κ2) is 6.20. The van der Waals surface area contributed by atoms with E-state index in [0.29, 0.717) is 11.4 Å². The Bertz CT molecular complexity index is 1060. The van der Waals surface area contributed by atoms with Crippen molar-refractivity contribution in [3.8, 4) is 5.75 Å². The third kappa shape index (κ3) is 2.33. The molecule has 29 heavy (non-hydrogen) atoms. The molecule has 3 heterocycles. The van der Waals surface area contributed by atoms with Gasteiger partial charge in [-0.2, -0.15) is 0 Å². The second-order valence-electron chi connectivity index (χ2n) is 7.45. The van der Waals surface area contributed by atoms with Crippen molar-refractivity contribution in [2.75, 3.05) is 12.0 Å². The van der Waals surface area contributed by atoms with Gasteiger partial charge < -0.3 is 15.4 Å². The van der Waals surface area contributed by atoms with Crippen LogP contribution in [0.5, 0.6) is 5.75 Å². The van der Waals surface area contributed by atoms with Crippen molar-refractivity contribution < 1.29 is 19.1 Å². The number of carbonyl (C=O) groups is 3. The SMILES string of the molecule is COc1ccc(N2C(=O)[C@@H]3[C@@H](C2=O)[C@H]2c4ccccc4C=CN2[C@@H]3C(N)=O)cc1. The van der Waals surface area contributed by atoms with E-state index in [0.717, 1.165) is 11.1 Å². The zero-order chi connectivity index (χ0) is 20.3. The van der Waals surface area contributed by atoms with Gasteiger partial charge in [-0.05, 0) is 41.5 Å². The molecule has 2 N–H and O–H groups in total. The van der Waals surface area contributed by atoms with Crippen molar-refractivity contribution in [1.29, 1.82) is 0 Å². The molecule has 3 amide bonds. The van der Waals surface area contributed by atoms with Crippen LogP contribution in [0, 0.1) is 11.8 Å². The zero-order valence-corrected chi connectivity index (χ0v) is 15.7. The second-order valence-corrected chi connectivity index (χ2v) is 7.45. The Morgan fingerprint density at radius 3 is 2.38 bits per heavy atom. The first-order valence-corrected chi connectivity index (χ1v) is 9.38. The van der Waals surface area contributed by atoms with Crippen LogP contribution in [0.2, 0.25) is 0 Å². The van der Waals surface area contributed by atoms with E-state index in [9.17, 15) is 14.4 Å². The molecular weight excluding hydrogens is 370 g/mol. The van der Waals surface area contributed by atoms with E-state index in [-0.39, 0.29) is 5.91 Å². The maximum atomic E-state index is 13.5. The van der Waals surface area contributed by atoms with Crippen LogP contribution in [0.4, 0.5) is 5.69 Å². The number of imide groups is 1. The Hall–Kier alpha value is -3.61. The number of benzene rings is 2. The van der Waals surface area contributed by atoms with Gasteiger partial charge in [-0.25, -0.2) is 4.90 Å². The van der Waals surface area contributed by atoms with E-state index in [1.807, 2.05) is 30.3 Å². The first kappa shape index (κ1) is 17.5. The number of nitrogens with two attached hydrogens (primary N) is 1. The van der Waals surface area contributed by atoms with E-state index in [1.165, 1.54) is 4.90 Å². The summed E-state index contributed by atoms with van der Waals surface area (Å²) < 4.78 is 5.15. The fraction of sp³-hybridized carbons (Fsp3) is 0.227. The van der Waals surface area contributed by atoms with Gasteiger partial charge in [0, 0.05) is 6.20 Å². The van der Waals surface area contributed by atoms with Crippen molar-refractivity contribution in [3.05, 3.63) is 65.9 Å². The van der Waals surface area contributed by atoms with E-state index in [2.05, 4.69) is 0 Å². The van der Waals surface area contributed by atoms with Gasteiger partial charge >= 0.3 is 0 Å². The average molecular weight is 389 g/mol. The number of hydrogen-bond acceptors (Lipinski definition) is 5. The van der Waals surface area contributed by atoms with Crippen LogP contribution in [-0.2, 0) is 14.4 Å². The van der Waals surface area contributed by atoms with Crippen LogP contribution in [0.3, 0.4) is 0 Å². The van der Waals surface area contributed by atoms with E-state index >= 15 is 0 Å². The van der Waals surface area contributed by atoms with E-state index in [1.54, 1.807) is 42.5 Å². The Morgan fingerprint density at radius 1 is 1.00 bits per heavy atom. The maximum Gasteiger partial charge on any atom is 0.240 e. The Balaban J connectivity index is 1.62. The molecule has 5 rings (SSSR count). The lowest BCUT2D eigenvalue weighted by Crippen LogP contribution is -2.46. The van der Waals surface area contributed by atoms with Crippen molar-refractivity contribution in [2.45, 2.75) is 12.1 Å². The van der Waals surface area contributed by atoms with Crippen LogP contribution in [0.25, 0.3) is 6.08 Å². The smallest absolute Gasteiger partial charge is 0.240 e. The number of hydrogen-bond donors (Lipinski definition) is 1. The highest BCUT2D eigenvalue weighted by Crippen LogP contribution is 2.53. The predicted octanol–water partition coefficient (Wildman–Crippen LogP) is 1.70. The van der Waals surface area contributed by atoms with Crippen molar-refractivity contribution in [2.24, 2.45) is 17.6 Å². The molecule has 0 aliphatic carbocycles. The molecule has 7 nitrogen and oxygen atoms in total. The minimum absolute atomic E-state index is 0.311. The van der Waals surface area contributed by atoms with Crippen molar-refractivity contribution >= 4 is 29.5 Å². The molecular formula is C22H19N3O4. The highest BCUT2D eigenvalue weighted by Gasteiger charge is 2.64. The molecule has 0 radical (unpaired) electrons. The number of amides is 3. The topological polar surface area (TPSA) is 92.9 Å².